The minimum atomic E-state index is 0.635. The molecule has 0 aliphatic heterocycles. The number of nitrogens with one attached hydrogen (secondary N) is 1. The van der Waals surface area contributed by atoms with Crippen LogP contribution in [0.3, 0.4) is 0 Å². The van der Waals surface area contributed by atoms with E-state index in [4.69, 9.17) is 4.74 Å². The fourth-order valence-corrected chi connectivity index (χ4v) is 3.27. The summed E-state index contributed by atoms with van der Waals surface area (Å²) in [6, 6.07) is 8.64. The molecule has 0 radical (unpaired) electrons. The van der Waals surface area contributed by atoms with E-state index in [9.17, 15) is 0 Å². The van der Waals surface area contributed by atoms with Gasteiger partial charge < -0.3 is 10.1 Å². The fraction of sp³-hybridized carbons (Fsp3) is 0.647. The average Bonchev–Trinajstić information content (AvgIpc) is 2.49. The van der Waals surface area contributed by atoms with Crippen molar-refractivity contribution in [3.63, 3.8) is 0 Å². The van der Waals surface area contributed by atoms with Gasteiger partial charge in [0.1, 0.15) is 5.75 Å². The van der Waals surface area contributed by atoms with E-state index in [0.717, 1.165) is 24.8 Å². The van der Waals surface area contributed by atoms with Crippen molar-refractivity contribution in [2.45, 2.75) is 44.9 Å². The van der Waals surface area contributed by atoms with Crippen LogP contribution in [0.5, 0.6) is 5.75 Å². The predicted octanol–water partition coefficient (Wildman–Crippen LogP) is 3.97. The zero-order valence-corrected chi connectivity index (χ0v) is 12.3. The number of methoxy groups -OCH3 is 1. The second kappa shape index (κ2) is 7.54. The zero-order chi connectivity index (χ0) is 13.5. The lowest BCUT2D eigenvalue weighted by Crippen LogP contribution is -2.28. The van der Waals surface area contributed by atoms with E-state index in [1.54, 1.807) is 7.11 Å². The molecule has 19 heavy (non-hydrogen) atoms. The minimum Gasteiger partial charge on any atom is -0.497 e. The van der Waals surface area contributed by atoms with Gasteiger partial charge in [-0.2, -0.15) is 0 Å². The van der Waals surface area contributed by atoms with Crippen molar-refractivity contribution in [3.05, 3.63) is 29.8 Å². The Morgan fingerprint density at radius 3 is 2.74 bits per heavy atom. The van der Waals surface area contributed by atoms with Gasteiger partial charge >= 0.3 is 0 Å². The molecule has 0 bridgehead atoms. The molecule has 1 unspecified atom stereocenters. The van der Waals surface area contributed by atoms with Crippen molar-refractivity contribution in [1.82, 2.24) is 5.32 Å². The highest BCUT2D eigenvalue weighted by molar-refractivity contribution is 5.31. The monoisotopic (exact) mass is 261 g/mol. The van der Waals surface area contributed by atoms with Crippen LogP contribution in [0.2, 0.25) is 0 Å². The van der Waals surface area contributed by atoms with Crippen LogP contribution in [0.1, 0.15) is 50.5 Å². The van der Waals surface area contributed by atoms with Gasteiger partial charge in [-0.25, -0.2) is 0 Å². The molecule has 0 amide bonds. The molecule has 0 saturated heterocycles. The summed E-state index contributed by atoms with van der Waals surface area (Å²) in [4.78, 5) is 0. The van der Waals surface area contributed by atoms with Crippen LogP contribution in [-0.4, -0.2) is 20.2 Å². The Hall–Kier alpha value is -1.02. The van der Waals surface area contributed by atoms with Crippen LogP contribution >= 0.6 is 0 Å². The van der Waals surface area contributed by atoms with Gasteiger partial charge in [0.15, 0.2) is 0 Å². The molecule has 1 aromatic carbocycles. The first-order valence-corrected chi connectivity index (χ1v) is 7.69. The van der Waals surface area contributed by atoms with Gasteiger partial charge in [0, 0.05) is 6.54 Å². The summed E-state index contributed by atoms with van der Waals surface area (Å²) in [6.45, 7) is 4.32. The van der Waals surface area contributed by atoms with Crippen LogP contribution < -0.4 is 10.1 Å². The van der Waals surface area contributed by atoms with E-state index >= 15 is 0 Å². The van der Waals surface area contributed by atoms with E-state index in [-0.39, 0.29) is 0 Å². The van der Waals surface area contributed by atoms with Crippen LogP contribution in [-0.2, 0) is 0 Å². The zero-order valence-electron chi connectivity index (χ0n) is 12.3. The molecule has 1 atom stereocenters. The molecule has 1 saturated carbocycles. The van der Waals surface area contributed by atoms with Gasteiger partial charge in [-0.05, 0) is 48.9 Å². The molecule has 2 rings (SSSR count). The first kappa shape index (κ1) is 14.4. The molecule has 1 aliphatic rings. The standard InChI is InChI=1S/C17H27NO/c1-3-18-13-17(14-8-5-4-6-9-14)15-10-7-11-16(12-15)19-2/h7,10-12,14,17-18H,3-6,8-9,13H2,1-2H3. The summed E-state index contributed by atoms with van der Waals surface area (Å²) >= 11 is 0. The Kier molecular flexibility index (Phi) is 5.71. The molecule has 1 fully saturated rings. The van der Waals surface area contributed by atoms with Crippen LogP contribution in [0, 0.1) is 5.92 Å². The van der Waals surface area contributed by atoms with E-state index in [2.05, 4.69) is 30.4 Å². The summed E-state index contributed by atoms with van der Waals surface area (Å²) in [5, 5.41) is 3.54. The Balaban J connectivity index is 2.14. The van der Waals surface area contributed by atoms with Gasteiger partial charge in [0.05, 0.1) is 7.11 Å². The molecule has 1 aromatic rings. The van der Waals surface area contributed by atoms with Gasteiger partial charge in [-0.3, -0.25) is 0 Å². The molecule has 2 nitrogen and oxygen atoms in total. The number of hydrogen-bond donors (Lipinski definition) is 1. The average molecular weight is 261 g/mol. The fourth-order valence-electron chi connectivity index (χ4n) is 3.27. The summed E-state index contributed by atoms with van der Waals surface area (Å²) in [7, 11) is 1.75. The third-order valence-corrected chi connectivity index (χ3v) is 4.36. The molecule has 1 aliphatic carbocycles. The maximum Gasteiger partial charge on any atom is 0.119 e. The molecule has 0 aromatic heterocycles. The van der Waals surface area contributed by atoms with Crippen molar-refractivity contribution >= 4 is 0 Å². The Bertz CT molecular complexity index is 371. The first-order chi connectivity index (χ1) is 9.35. The van der Waals surface area contributed by atoms with Gasteiger partial charge in [0.2, 0.25) is 0 Å². The second-order valence-corrected chi connectivity index (χ2v) is 5.59. The van der Waals surface area contributed by atoms with E-state index in [1.165, 1.54) is 37.7 Å². The largest absolute Gasteiger partial charge is 0.497 e. The number of hydrogen-bond acceptors (Lipinski definition) is 2. The lowest BCUT2D eigenvalue weighted by Gasteiger charge is -2.31. The molecule has 2 heteroatoms. The second-order valence-electron chi connectivity index (χ2n) is 5.59. The van der Waals surface area contributed by atoms with E-state index in [0.29, 0.717) is 5.92 Å². The van der Waals surface area contributed by atoms with Gasteiger partial charge in [-0.15, -0.1) is 0 Å². The minimum absolute atomic E-state index is 0.635. The lowest BCUT2D eigenvalue weighted by molar-refractivity contribution is 0.297. The van der Waals surface area contributed by atoms with Crippen molar-refractivity contribution in [3.8, 4) is 5.75 Å². The Morgan fingerprint density at radius 1 is 1.26 bits per heavy atom. The van der Waals surface area contributed by atoms with E-state index < -0.39 is 0 Å². The maximum absolute atomic E-state index is 5.38. The molecule has 0 heterocycles. The number of rotatable bonds is 6. The molecule has 0 spiro atoms. The SMILES string of the molecule is CCNCC(c1cccc(OC)c1)C1CCCCC1. The highest BCUT2D eigenvalue weighted by atomic mass is 16.5. The van der Waals surface area contributed by atoms with Gasteiger partial charge in [0.25, 0.3) is 0 Å². The summed E-state index contributed by atoms with van der Waals surface area (Å²) < 4.78 is 5.38. The lowest BCUT2D eigenvalue weighted by atomic mass is 9.76. The predicted molar refractivity (Wildman–Crippen MR) is 80.9 cm³/mol. The van der Waals surface area contributed by atoms with Crippen LogP contribution in [0.25, 0.3) is 0 Å². The van der Waals surface area contributed by atoms with Crippen molar-refractivity contribution in [1.29, 1.82) is 0 Å². The topological polar surface area (TPSA) is 21.3 Å². The molecular weight excluding hydrogens is 234 g/mol. The normalized spacial score (nSPS) is 18.2. The molecule has 1 N–H and O–H groups in total. The van der Waals surface area contributed by atoms with Gasteiger partial charge in [-0.1, -0.05) is 38.3 Å². The smallest absolute Gasteiger partial charge is 0.119 e. The number of likely N-dealkylation sites (N-methyl/N-ethyl adjacent to an activating group) is 1. The summed E-state index contributed by atoms with van der Waals surface area (Å²) in [5.41, 5.74) is 1.44. The quantitative estimate of drug-likeness (QED) is 0.836. The van der Waals surface area contributed by atoms with E-state index in [1.807, 2.05) is 6.07 Å². The number of ether oxygens (including phenoxy) is 1. The molecular formula is C17H27NO. The highest BCUT2D eigenvalue weighted by Crippen LogP contribution is 2.36. The Labute approximate surface area is 117 Å². The number of benzene rings is 1. The van der Waals surface area contributed by atoms with Crippen molar-refractivity contribution in [2.24, 2.45) is 5.92 Å². The van der Waals surface area contributed by atoms with Crippen LogP contribution in [0.4, 0.5) is 0 Å². The maximum atomic E-state index is 5.38. The highest BCUT2D eigenvalue weighted by Gasteiger charge is 2.24. The van der Waals surface area contributed by atoms with Crippen molar-refractivity contribution < 1.29 is 4.74 Å². The third kappa shape index (κ3) is 3.97. The summed E-state index contributed by atoms with van der Waals surface area (Å²) in [5.74, 6) is 2.45. The third-order valence-electron chi connectivity index (χ3n) is 4.36. The summed E-state index contributed by atoms with van der Waals surface area (Å²) in [6.07, 6.45) is 6.98. The first-order valence-electron chi connectivity index (χ1n) is 7.69. The van der Waals surface area contributed by atoms with Crippen molar-refractivity contribution in [2.75, 3.05) is 20.2 Å². The Morgan fingerprint density at radius 2 is 2.05 bits per heavy atom. The van der Waals surface area contributed by atoms with Crippen LogP contribution in [0.15, 0.2) is 24.3 Å². The molecule has 106 valence electrons.